The molecule has 0 amide bonds. The Bertz CT molecular complexity index is 3030. The summed E-state index contributed by atoms with van der Waals surface area (Å²) in [5.41, 5.74) is 15.2. The fourth-order valence-corrected chi connectivity index (χ4v) is 11.6. The molecule has 3 aliphatic rings. The lowest BCUT2D eigenvalue weighted by molar-refractivity contribution is 0.0437. The maximum Gasteiger partial charge on any atom is 0.147 e. The van der Waals surface area contributed by atoms with Gasteiger partial charge in [0.05, 0.1) is 17.1 Å². The molecular weight excluding hydrogens is 855 g/mol. The van der Waals surface area contributed by atoms with Crippen molar-refractivity contribution in [3.05, 3.63) is 302 Å². The summed E-state index contributed by atoms with van der Waals surface area (Å²) >= 11 is 0. The second-order valence-electron chi connectivity index (χ2n) is 18.2. The molecule has 12 rings (SSSR count). The van der Waals surface area contributed by atoms with E-state index in [1.807, 2.05) is 21.3 Å². The van der Waals surface area contributed by atoms with E-state index in [-0.39, 0.29) is 0 Å². The van der Waals surface area contributed by atoms with Crippen LogP contribution in [0.4, 0.5) is 17.1 Å². The van der Waals surface area contributed by atoms with Gasteiger partial charge in [-0.25, -0.2) is 0 Å². The summed E-state index contributed by atoms with van der Waals surface area (Å²) in [6.07, 6.45) is 13.3. The van der Waals surface area contributed by atoms with Crippen LogP contribution in [0.25, 0.3) is 36.5 Å². The summed E-state index contributed by atoms with van der Waals surface area (Å²) in [5.74, 6) is 0. The van der Waals surface area contributed by atoms with Gasteiger partial charge in [0.1, 0.15) is 16.8 Å². The van der Waals surface area contributed by atoms with Gasteiger partial charge < -0.3 is 19.1 Å². The van der Waals surface area contributed by atoms with Crippen LogP contribution in [0.2, 0.25) is 0 Å². The molecule has 0 fully saturated rings. The van der Waals surface area contributed by atoms with E-state index < -0.39 is 16.8 Å². The molecule has 9 aromatic carbocycles. The number of nitrogens with zero attached hydrogens (tertiary/aromatic N) is 1. The van der Waals surface area contributed by atoms with Gasteiger partial charge in [-0.1, -0.05) is 218 Å². The Morgan fingerprint density at radius 3 is 0.686 bits per heavy atom. The first kappa shape index (κ1) is 43.2. The highest BCUT2D eigenvalue weighted by molar-refractivity contribution is 6.01. The number of hydrogen-bond donors (Lipinski definition) is 0. The number of benzene rings is 9. The third-order valence-electron chi connectivity index (χ3n) is 14.6. The molecule has 4 heteroatoms. The quantitative estimate of drug-likeness (QED) is 0.114. The molecule has 338 valence electrons. The van der Waals surface area contributed by atoms with Crippen LogP contribution in [-0.2, 0) is 31.0 Å². The summed E-state index contributed by atoms with van der Waals surface area (Å²) in [5, 5.41) is 0. The predicted octanol–water partition coefficient (Wildman–Crippen LogP) is 15.4. The van der Waals surface area contributed by atoms with Crippen LogP contribution in [0.1, 0.15) is 83.5 Å². The van der Waals surface area contributed by atoms with Gasteiger partial charge in [-0.05, 0) is 86.5 Å². The zero-order valence-electron chi connectivity index (χ0n) is 39.4. The standard InChI is InChI=1S/C66H51NO3/c1-68-64(52-28-16-7-17-29-52)55-40-49(37-34-46-22-10-4-11-23-46)42-57-61(55)67-62-56(64)41-50(38-35-47-24-12-5-13-25-47)43-58(62)66(70-3,54-32-20-9-21-33-54)60-45-51(39-36-48-26-14-6-15-27-48)44-59(63(60)67)65(57,69-2)53-30-18-8-19-31-53/h4-45H,1-3H3. The van der Waals surface area contributed by atoms with E-state index in [0.29, 0.717) is 0 Å². The Labute approximate surface area is 410 Å². The van der Waals surface area contributed by atoms with Crippen molar-refractivity contribution in [2.75, 3.05) is 26.2 Å². The molecule has 0 bridgehead atoms. The molecule has 3 heterocycles. The first-order valence-electron chi connectivity index (χ1n) is 23.9. The van der Waals surface area contributed by atoms with Crippen molar-refractivity contribution in [2.45, 2.75) is 16.8 Å². The molecule has 0 saturated carbocycles. The molecule has 9 aromatic rings. The van der Waals surface area contributed by atoms with E-state index >= 15 is 0 Å². The zero-order valence-corrected chi connectivity index (χ0v) is 39.4. The van der Waals surface area contributed by atoms with E-state index in [1.165, 1.54) is 0 Å². The zero-order chi connectivity index (χ0) is 47.3. The summed E-state index contributed by atoms with van der Waals surface area (Å²) in [6, 6.07) is 77.6. The molecule has 70 heavy (non-hydrogen) atoms. The van der Waals surface area contributed by atoms with Crippen LogP contribution in [0.5, 0.6) is 0 Å². The SMILES string of the molecule is COC1(c2ccccc2)c2cc(C=Cc3ccccc3)cc3c2N2c4c1cc(C=Cc1ccccc1)cc4C(OC)(c1ccccc1)c1cc(C=Cc4ccccc4)cc(c12)C3(OC)c1ccccc1. The summed E-state index contributed by atoms with van der Waals surface area (Å²) < 4.78 is 22.0. The van der Waals surface area contributed by atoms with Crippen molar-refractivity contribution in [1.82, 2.24) is 0 Å². The van der Waals surface area contributed by atoms with Gasteiger partial charge in [0.25, 0.3) is 0 Å². The van der Waals surface area contributed by atoms with E-state index in [4.69, 9.17) is 14.2 Å². The maximum absolute atomic E-state index is 7.33. The van der Waals surface area contributed by atoms with Crippen LogP contribution in [0, 0.1) is 0 Å². The average Bonchev–Trinajstić information content (AvgIpc) is 3.43. The minimum absolute atomic E-state index is 1.01. The van der Waals surface area contributed by atoms with Crippen LogP contribution in [-0.4, -0.2) is 21.3 Å². The van der Waals surface area contributed by atoms with Crippen LogP contribution >= 0.6 is 0 Å². The lowest BCUT2D eigenvalue weighted by Gasteiger charge is -2.57. The molecule has 0 saturated heterocycles. The van der Waals surface area contributed by atoms with Gasteiger partial charge in [-0.3, -0.25) is 0 Å². The van der Waals surface area contributed by atoms with Crippen molar-refractivity contribution in [1.29, 1.82) is 0 Å². The number of hydrogen-bond acceptors (Lipinski definition) is 4. The molecule has 4 nitrogen and oxygen atoms in total. The highest BCUT2D eigenvalue weighted by Gasteiger charge is 2.60. The maximum atomic E-state index is 7.33. The lowest BCUT2D eigenvalue weighted by atomic mass is 9.62. The minimum Gasteiger partial charge on any atom is -0.364 e. The van der Waals surface area contributed by atoms with Gasteiger partial charge in [-0.15, -0.1) is 0 Å². The summed E-state index contributed by atoms with van der Waals surface area (Å²) in [4.78, 5) is 2.53. The monoisotopic (exact) mass is 905 g/mol. The number of anilines is 3. The van der Waals surface area contributed by atoms with E-state index in [0.717, 1.165) is 101 Å². The number of rotatable bonds is 12. The van der Waals surface area contributed by atoms with Gasteiger partial charge in [0, 0.05) is 54.7 Å². The topological polar surface area (TPSA) is 30.9 Å². The Morgan fingerprint density at radius 1 is 0.271 bits per heavy atom. The highest BCUT2D eigenvalue weighted by Crippen LogP contribution is 2.69. The van der Waals surface area contributed by atoms with Crippen molar-refractivity contribution in [3.8, 4) is 0 Å². The second-order valence-corrected chi connectivity index (χ2v) is 18.2. The van der Waals surface area contributed by atoms with Crippen LogP contribution in [0.15, 0.2) is 218 Å². The van der Waals surface area contributed by atoms with Crippen LogP contribution in [0.3, 0.4) is 0 Å². The highest BCUT2D eigenvalue weighted by atomic mass is 16.5. The molecular formula is C66H51NO3. The fourth-order valence-electron chi connectivity index (χ4n) is 11.6. The van der Waals surface area contributed by atoms with Gasteiger partial charge >= 0.3 is 0 Å². The molecule has 0 aliphatic carbocycles. The third kappa shape index (κ3) is 6.56. The normalized spacial score (nSPS) is 19.5. The van der Waals surface area contributed by atoms with Crippen molar-refractivity contribution in [3.63, 3.8) is 0 Å². The fraction of sp³-hybridized carbons (Fsp3) is 0.0909. The van der Waals surface area contributed by atoms with E-state index in [1.54, 1.807) is 0 Å². The van der Waals surface area contributed by atoms with Crippen molar-refractivity contribution >= 4 is 53.5 Å². The second kappa shape index (κ2) is 17.4. The average molecular weight is 906 g/mol. The third-order valence-corrected chi connectivity index (χ3v) is 14.6. The molecule has 0 atom stereocenters. The van der Waals surface area contributed by atoms with Gasteiger partial charge in [0.2, 0.25) is 0 Å². The van der Waals surface area contributed by atoms with Gasteiger partial charge in [0.15, 0.2) is 0 Å². The minimum atomic E-state index is -1.11. The largest absolute Gasteiger partial charge is 0.364 e. The van der Waals surface area contributed by atoms with Crippen molar-refractivity contribution in [2.24, 2.45) is 0 Å². The smallest absolute Gasteiger partial charge is 0.147 e. The Balaban J connectivity index is 1.29. The van der Waals surface area contributed by atoms with Crippen molar-refractivity contribution < 1.29 is 14.2 Å². The molecule has 0 unspecified atom stereocenters. The predicted molar refractivity (Wildman–Crippen MR) is 287 cm³/mol. The van der Waals surface area contributed by atoms with Crippen LogP contribution < -0.4 is 4.90 Å². The first-order chi connectivity index (χ1) is 34.5. The summed E-state index contributed by atoms with van der Waals surface area (Å²) in [6.45, 7) is 0. The number of methoxy groups -OCH3 is 3. The Kier molecular flexibility index (Phi) is 10.8. The molecule has 0 N–H and O–H groups in total. The van der Waals surface area contributed by atoms with Gasteiger partial charge in [-0.2, -0.15) is 0 Å². The molecule has 0 spiro atoms. The van der Waals surface area contributed by atoms with E-state index in [9.17, 15) is 0 Å². The number of ether oxygens (including phenoxy) is 3. The van der Waals surface area contributed by atoms with E-state index in [2.05, 4.69) is 260 Å². The molecule has 3 aliphatic heterocycles. The first-order valence-corrected chi connectivity index (χ1v) is 23.9. The molecule has 0 aromatic heterocycles. The Hall–Kier alpha value is -8.12. The molecule has 0 radical (unpaired) electrons. The lowest BCUT2D eigenvalue weighted by Crippen LogP contribution is -2.49. The Morgan fingerprint density at radius 2 is 0.471 bits per heavy atom. The summed E-state index contributed by atoms with van der Waals surface area (Å²) in [7, 11) is 5.58.